The van der Waals surface area contributed by atoms with E-state index in [9.17, 15) is 14.2 Å². The minimum atomic E-state index is -2.72. The standard InChI is InChI=1S/C51H61BrFN12O4P/c1-5-33-25-41(57-51-55-28-37(52)49(59-51)56-42-29-54-39-9-7-6-8-36(39)48(42)70(3,4)68)46(69-2)27-44(33)63-18-14-35(15-19-63)62-22-20-61(21-23-62)30-32-12-16-64(17-13-32)45-26-40-34(24-38(45)53)31-65(60-40)43-10-11-47(66)58-50(43)67/h6-9,24-29,31-32,35,43H,5,10-23,30H2,1-4H3,(H,58,66,67)(H2,55,56,57,59). The van der Waals surface area contributed by atoms with Crippen LogP contribution in [0.1, 0.15) is 57.1 Å². The highest BCUT2D eigenvalue weighted by atomic mass is 79.9. The average Bonchev–Trinajstić information content (AvgIpc) is 3.77. The summed E-state index contributed by atoms with van der Waals surface area (Å²) < 4.78 is 37.3. The number of hydrogen-bond acceptors (Lipinski definition) is 14. The number of rotatable bonds is 13. The van der Waals surface area contributed by atoms with Crippen molar-refractivity contribution in [3.8, 4) is 5.75 Å². The zero-order valence-corrected chi connectivity index (χ0v) is 42.7. The molecule has 3 aromatic heterocycles. The largest absolute Gasteiger partial charge is 0.494 e. The molecule has 1 atom stereocenters. The first-order valence-electron chi connectivity index (χ1n) is 24.5. The number of benzene rings is 3. The molecule has 16 nitrogen and oxygen atoms in total. The molecule has 4 fully saturated rings. The third-order valence-corrected chi connectivity index (χ3v) is 16.8. The number of imide groups is 1. The van der Waals surface area contributed by atoms with Gasteiger partial charge in [-0.25, -0.2) is 9.37 Å². The summed E-state index contributed by atoms with van der Waals surface area (Å²) in [5.74, 6) is 1.27. The van der Waals surface area contributed by atoms with E-state index in [1.54, 1.807) is 43.7 Å². The van der Waals surface area contributed by atoms with Crippen LogP contribution in [0, 0.1) is 11.7 Å². The molecule has 2 amide bonds. The molecule has 10 rings (SSSR count). The summed E-state index contributed by atoms with van der Waals surface area (Å²) in [6.07, 6.45) is 10.8. The number of anilines is 6. The molecular formula is C51H61BrFN12O4P. The fraction of sp³-hybridized carbons (Fsp3) is 0.451. The highest BCUT2D eigenvalue weighted by Crippen LogP contribution is 2.42. The monoisotopic (exact) mass is 1030 g/mol. The number of fused-ring (bicyclic) bond motifs is 2. The summed E-state index contributed by atoms with van der Waals surface area (Å²) in [4.78, 5) is 48.1. The minimum Gasteiger partial charge on any atom is -0.494 e. The SMILES string of the molecule is CCc1cc(Nc2ncc(Br)c(Nc3cnc4ccccc4c3P(C)(C)=O)n2)c(OC)cc1N1CCC(N2CCN(CC3CCN(c4cc5nn(C6CCC(=O)NC6=O)cc5cc4F)CC3)CC2)CC1. The van der Waals surface area contributed by atoms with Crippen LogP contribution in [-0.4, -0.2) is 132 Å². The summed E-state index contributed by atoms with van der Waals surface area (Å²) in [6, 6.07) is 15.3. The lowest BCUT2D eigenvalue weighted by Crippen LogP contribution is -2.54. The second-order valence-electron chi connectivity index (χ2n) is 19.5. The Bertz CT molecular complexity index is 2980. The molecular weight excluding hydrogens is 975 g/mol. The number of piperazine rings is 1. The normalized spacial score (nSPS) is 19.3. The summed E-state index contributed by atoms with van der Waals surface area (Å²) in [5.41, 5.74) is 5.83. The molecule has 4 aliphatic rings. The quantitative estimate of drug-likeness (QED) is 0.0751. The van der Waals surface area contributed by atoms with E-state index in [1.807, 2.05) is 30.3 Å². The van der Waals surface area contributed by atoms with Gasteiger partial charge in [0.05, 0.1) is 45.9 Å². The topological polar surface area (TPSA) is 166 Å². The zero-order chi connectivity index (χ0) is 48.7. The molecule has 70 heavy (non-hydrogen) atoms. The average molecular weight is 1040 g/mol. The van der Waals surface area contributed by atoms with Gasteiger partial charge in [-0.2, -0.15) is 10.1 Å². The van der Waals surface area contributed by atoms with Crippen LogP contribution in [0.15, 0.2) is 71.6 Å². The maximum absolute atomic E-state index is 15.5. The van der Waals surface area contributed by atoms with Gasteiger partial charge in [0, 0.05) is 112 Å². The second-order valence-corrected chi connectivity index (χ2v) is 23.5. The van der Waals surface area contributed by atoms with E-state index in [0.717, 1.165) is 113 Å². The second kappa shape index (κ2) is 20.2. The first-order chi connectivity index (χ1) is 33.8. The predicted molar refractivity (Wildman–Crippen MR) is 279 cm³/mol. The lowest BCUT2D eigenvalue weighted by molar-refractivity contribution is -0.135. The number of hydrogen-bond donors (Lipinski definition) is 3. The fourth-order valence-electron chi connectivity index (χ4n) is 10.9. The first kappa shape index (κ1) is 48.0. The molecule has 19 heteroatoms. The number of aromatic nitrogens is 5. The van der Waals surface area contributed by atoms with E-state index in [0.29, 0.717) is 62.6 Å². The summed E-state index contributed by atoms with van der Waals surface area (Å²) >= 11 is 3.61. The number of ether oxygens (including phenoxy) is 1. The smallest absolute Gasteiger partial charge is 0.251 e. The Labute approximate surface area is 416 Å². The number of pyridine rings is 1. The number of nitrogens with zero attached hydrogens (tertiary/aromatic N) is 9. The van der Waals surface area contributed by atoms with Crippen molar-refractivity contribution in [3.05, 3.63) is 83.0 Å². The Kier molecular flexibility index (Phi) is 13.8. The Hall–Kier alpha value is -5.68. The van der Waals surface area contributed by atoms with Gasteiger partial charge in [-0.15, -0.1) is 0 Å². The van der Waals surface area contributed by atoms with E-state index < -0.39 is 13.2 Å². The number of nitrogens with one attached hydrogen (secondary N) is 3. The predicted octanol–water partition coefficient (Wildman–Crippen LogP) is 8.06. The van der Waals surface area contributed by atoms with Crippen molar-refractivity contribution in [1.82, 2.24) is 39.8 Å². The Morgan fingerprint density at radius 2 is 1.60 bits per heavy atom. The maximum Gasteiger partial charge on any atom is 0.251 e. The summed E-state index contributed by atoms with van der Waals surface area (Å²) in [5, 5.41) is 16.0. The van der Waals surface area contributed by atoms with Crippen molar-refractivity contribution < 1.29 is 23.3 Å². The van der Waals surface area contributed by atoms with E-state index >= 15 is 4.39 Å². The molecule has 7 heterocycles. The van der Waals surface area contributed by atoms with E-state index in [-0.39, 0.29) is 24.1 Å². The fourth-order valence-corrected chi connectivity index (χ4v) is 12.7. The summed E-state index contributed by atoms with van der Waals surface area (Å²) in [6.45, 7) is 14.6. The molecule has 0 saturated carbocycles. The number of amides is 2. The molecule has 0 radical (unpaired) electrons. The number of methoxy groups -OCH3 is 1. The number of para-hydroxylation sites is 1. The molecule has 3 N–H and O–H groups in total. The van der Waals surface area contributed by atoms with E-state index in [2.05, 4.69) is 85.6 Å². The zero-order valence-electron chi connectivity index (χ0n) is 40.3. The van der Waals surface area contributed by atoms with E-state index in [4.69, 9.17) is 9.72 Å². The highest BCUT2D eigenvalue weighted by molar-refractivity contribution is 9.10. The van der Waals surface area contributed by atoms with Crippen molar-refractivity contribution in [1.29, 1.82) is 0 Å². The molecule has 0 bridgehead atoms. The van der Waals surface area contributed by atoms with Crippen LogP contribution in [0.2, 0.25) is 0 Å². The van der Waals surface area contributed by atoms with Crippen molar-refractivity contribution >= 4 is 96.5 Å². The van der Waals surface area contributed by atoms with Crippen molar-refractivity contribution in [2.75, 3.05) is 99.8 Å². The van der Waals surface area contributed by atoms with Crippen molar-refractivity contribution in [3.63, 3.8) is 0 Å². The molecule has 1 unspecified atom stereocenters. The molecule has 4 aliphatic heterocycles. The maximum atomic E-state index is 15.5. The van der Waals surface area contributed by atoms with Crippen LogP contribution in [0.3, 0.4) is 0 Å². The van der Waals surface area contributed by atoms with Crippen molar-refractivity contribution in [2.45, 2.75) is 64.0 Å². The van der Waals surface area contributed by atoms with Crippen molar-refractivity contribution in [2.24, 2.45) is 5.92 Å². The van der Waals surface area contributed by atoms with Crippen LogP contribution >= 0.6 is 23.1 Å². The van der Waals surface area contributed by atoms with Gasteiger partial charge in [-0.1, -0.05) is 25.1 Å². The van der Waals surface area contributed by atoms with Gasteiger partial charge in [0.2, 0.25) is 11.9 Å². The Morgan fingerprint density at radius 3 is 2.33 bits per heavy atom. The van der Waals surface area contributed by atoms with Gasteiger partial charge >= 0.3 is 0 Å². The lowest BCUT2D eigenvalue weighted by Gasteiger charge is -2.44. The number of carbonyl (C=O) groups is 2. The molecule has 0 aliphatic carbocycles. The lowest BCUT2D eigenvalue weighted by atomic mass is 9.95. The Morgan fingerprint density at radius 1 is 0.857 bits per heavy atom. The first-order valence-corrected chi connectivity index (χ1v) is 27.9. The molecule has 4 saturated heterocycles. The highest BCUT2D eigenvalue weighted by Gasteiger charge is 2.32. The van der Waals surface area contributed by atoms with Gasteiger partial charge in [0.1, 0.15) is 30.6 Å². The molecule has 3 aromatic carbocycles. The van der Waals surface area contributed by atoms with Crippen LogP contribution in [0.25, 0.3) is 21.8 Å². The van der Waals surface area contributed by atoms with Gasteiger partial charge in [-0.3, -0.25) is 29.5 Å². The Balaban J connectivity index is 0.714. The van der Waals surface area contributed by atoms with Crippen LogP contribution in [0.4, 0.5) is 38.9 Å². The third-order valence-electron chi connectivity index (χ3n) is 14.6. The summed E-state index contributed by atoms with van der Waals surface area (Å²) in [7, 11) is -1.03. The van der Waals surface area contributed by atoms with Crippen LogP contribution < -0.4 is 35.8 Å². The van der Waals surface area contributed by atoms with Gasteiger partial charge in [0.25, 0.3) is 5.91 Å². The van der Waals surface area contributed by atoms with Gasteiger partial charge < -0.3 is 34.6 Å². The number of aryl methyl sites for hydroxylation is 1. The van der Waals surface area contributed by atoms with Crippen LogP contribution in [-0.2, 0) is 20.6 Å². The third kappa shape index (κ3) is 10.1. The molecule has 0 spiro atoms. The molecule has 368 valence electrons. The number of halogens is 2. The number of piperidine rings is 3. The van der Waals surface area contributed by atoms with Gasteiger partial charge in [0.15, 0.2) is 0 Å². The minimum absolute atomic E-state index is 0.262. The molecule has 6 aromatic rings. The van der Waals surface area contributed by atoms with Gasteiger partial charge in [-0.05, 0) is 104 Å². The van der Waals surface area contributed by atoms with E-state index in [1.165, 1.54) is 17.3 Å². The van der Waals surface area contributed by atoms with Crippen LogP contribution in [0.5, 0.6) is 5.75 Å². The number of carbonyl (C=O) groups excluding carboxylic acids is 2.